The lowest BCUT2D eigenvalue weighted by atomic mass is 9.86. The number of alkyl halides is 3. The van der Waals surface area contributed by atoms with Gasteiger partial charge in [0, 0.05) is 36.5 Å². The average molecular weight is 486 g/mol. The molecule has 0 amide bonds. The van der Waals surface area contributed by atoms with E-state index in [9.17, 15) is 13.2 Å². The standard InChI is InChI=1S/C25H26F3N5S/c1-17-30-22(21-12-20(13-25(26,27)28)34-23(21)31-17)33-11-8-24(16-33)7-10-32(15-24)14-19-4-2-18(3-5-19)6-9-29/h2-5,12H,6-8,10-11,13-16H2,1H3. The molecule has 2 fully saturated rings. The maximum absolute atomic E-state index is 12.9. The first-order valence-electron chi connectivity index (χ1n) is 11.5. The van der Waals surface area contributed by atoms with Crippen LogP contribution in [-0.4, -0.2) is 47.2 Å². The zero-order chi connectivity index (χ0) is 23.9. The Bertz CT molecular complexity index is 1230. The van der Waals surface area contributed by atoms with Gasteiger partial charge in [-0.25, -0.2) is 9.97 Å². The van der Waals surface area contributed by atoms with Gasteiger partial charge in [0.25, 0.3) is 0 Å². The van der Waals surface area contributed by atoms with E-state index < -0.39 is 12.6 Å². The Labute approximate surface area is 200 Å². The van der Waals surface area contributed by atoms with Crippen LogP contribution in [0.3, 0.4) is 0 Å². The number of nitriles is 1. The number of thiophene rings is 1. The van der Waals surface area contributed by atoms with Gasteiger partial charge < -0.3 is 4.90 Å². The smallest absolute Gasteiger partial charge is 0.355 e. The van der Waals surface area contributed by atoms with Gasteiger partial charge >= 0.3 is 6.18 Å². The number of hydrogen-bond acceptors (Lipinski definition) is 6. The van der Waals surface area contributed by atoms with Crippen LogP contribution in [0.2, 0.25) is 0 Å². The summed E-state index contributed by atoms with van der Waals surface area (Å²) < 4.78 is 38.8. The molecule has 2 saturated heterocycles. The summed E-state index contributed by atoms with van der Waals surface area (Å²) in [4.78, 5) is 14.7. The molecule has 1 aromatic carbocycles. The van der Waals surface area contributed by atoms with Crippen LogP contribution >= 0.6 is 11.3 Å². The van der Waals surface area contributed by atoms with E-state index >= 15 is 0 Å². The minimum Gasteiger partial charge on any atom is -0.355 e. The van der Waals surface area contributed by atoms with Crippen LogP contribution in [0.1, 0.15) is 34.7 Å². The molecule has 0 bridgehead atoms. The highest BCUT2D eigenvalue weighted by Crippen LogP contribution is 2.43. The van der Waals surface area contributed by atoms with Gasteiger partial charge in [-0.1, -0.05) is 24.3 Å². The lowest BCUT2D eigenvalue weighted by Crippen LogP contribution is -2.31. The molecule has 5 rings (SSSR count). The summed E-state index contributed by atoms with van der Waals surface area (Å²) in [6.07, 6.45) is -2.57. The van der Waals surface area contributed by atoms with E-state index in [-0.39, 0.29) is 10.3 Å². The van der Waals surface area contributed by atoms with Crippen molar-refractivity contribution in [3.63, 3.8) is 0 Å². The summed E-state index contributed by atoms with van der Waals surface area (Å²) in [5, 5.41) is 9.58. The molecule has 9 heteroatoms. The van der Waals surface area contributed by atoms with Crippen LogP contribution in [0, 0.1) is 23.7 Å². The quantitative estimate of drug-likeness (QED) is 0.493. The van der Waals surface area contributed by atoms with Gasteiger partial charge in [0.1, 0.15) is 16.5 Å². The molecule has 178 valence electrons. The average Bonchev–Trinajstić information content (AvgIpc) is 3.47. The number of benzene rings is 1. The number of aryl methyl sites for hydroxylation is 1. The molecular weight excluding hydrogens is 459 g/mol. The maximum Gasteiger partial charge on any atom is 0.393 e. The van der Waals surface area contributed by atoms with E-state index in [1.54, 1.807) is 13.0 Å². The van der Waals surface area contributed by atoms with E-state index in [0.29, 0.717) is 17.1 Å². The van der Waals surface area contributed by atoms with Gasteiger partial charge in [-0.2, -0.15) is 18.4 Å². The molecule has 0 radical (unpaired) electrons. The summed E-state index contributed by atoms with van der Waals surface area (Å²) >= 11 is 1.12. The van der Waals surface area contributed by atoms with Crippen molar-refractivity contribution in [2.24, 2.45) is 5.41 Å². The number of nitrogens with zero attached hydrogens (tertiary/aromatic N) is 5. The topological polar surface area (TPSA) is 56.1 Å². The third-order valence-electron chi connectivity index (χ3n) is 6.88. The predicted molar refractivity (Wildman–Crippen MR) is 127 cm³/mol. The monoisotopic (exact) mass is 485 g/mol. The van der Waals surface area contributed by atoms with Crippen LogP contribution in [0.15, 0.2) is 30.3 Å². The van der Waals surface area contributed by atoms with Gasteiger partial charge in [-0.05, 0) is 43.5 Å². The molecule has 0 N–H and O–H groups in total. The van der Waals surface area contributed by atoms with Gasteiger partial charge in [0.2, 0.25) is 0 Å². The summed E-state index contributed by atoms with van der Waals surface area (Å²) in [5.74, 6) is 1.37. The maximum atomic E-state index is 12.9. The Balaban J connectivity index is 1.29. The van der Waals surface area contributed by atoms with Crippen LogP contribution in [0.5, 0.6) is 0 Å². The Morgan fingerprint density at radius 2 is 1.82 bits per heavy atom. The fraction of sp³-hybridized carbons (Fsp3) is 0.480. The van der Waals surface area contributed by atoms with Crippen molar-refractivity contribution >= 4 is 27.4 Å². The number of likely N-dealkylation sites (tertiary alicyclic amines) is 1. The van der Waals surface area contributed by atoms with Gasteiger partial charge in [0.05, 0.1) is 24.3 Å². The first kappa shape index (κ1) is 23.1. The van der Waals surface area contributed by atoms with Crippen LogP contribution < -0.4 is 4.90 Å². The van der Waals surface area contributed by atoms with Crippen molar-refractivity contribution in [2.75, 3.05) is 31.1 Å². The minimum atomic E-state index is -4.23. The van der Waals surface area contributed by atoms with E-state index in [1.165, 1.54) is 5.56 Å². The third kappa shape index (κ3) is 4.89. The molecule has 1 spiro atoms. The Morgan fingerprint density at radius 1 is 1.09 bits per heavy atom. The second-order valence-corrected chi connectivity index (χ2v) is 10.7. The van der Waals surface area contributed by atoms with Crippen molar-refractivity contribution in [1.29, 1.82) is 5.26 Å². The fourth-order valence-corrected chi connectivity index (χ4v) is 6.41. The van der Waals surface area contributed by atoms with Crippen molar-refractivity contribution in [2.45, 2.75) is 45.3 Å². The lowest BCUT2D eigenvalue weighted by molar-refractivity contribution is -0.126. The Morgan fingerprint density at radius 3 is 2.56 bits per heavy atom. The summed E-state index contributed by atoms with van der Waals surface area (Å²) in [7, 11) is 0. The van der Waals surface area contributed by atoms with Gasteiger partial charge in [0.15, 0.2) is 0 Å². The molecule has 2 aliphatic rings. The van der Waals surface area contributed by atoms with E-state index in [2.05, 4.69) is 38.0 Å². The van der Waals surface area contributed by atoms with Crippen molar-refractivity contribution in [3.05, 3.63) is 52.2 Å². The molecular formula is C25H26F3N5S. The number of aromatic nitrogens is 2. The molecule has 0 aliphatic carbocycles. The minimum absolute atomic E-state index is 0.177. The molecule has 3 aromatic rings. The first-order chi connectivity index (χ1) is 16.2. The van der Waals surface area contributed by atoms with E-state index in [0.717, 1.165) is 73.7 Å². The molecule has 5 nitrogen and oxygen atoms in total. The second-order valence-electron chi connectivity index (χ2n) is 9.60. The third-order valence-corrected chi connectivity index (χ3v) is 7.91. The van der Waals surface area contributed by atoms with Gasteiger partial charge in [-0.15, -0.1) is 11.3 Å². The molecule has 2 aliphatic heterocycles. The van der Waals surface area contributed by atoms with E-state index in [1.807, 2.05) is 12.1 Å². The molecule has 0 saturated carbocycles. The highest BCUT2D eigenvalue weighted by Gasteiger charge is 2.44. The fourth-order valence-electron chi connectivity index (χ4n) is 5.31. The number of halogens is 3. The van der Waals surface area contributed by atoms with Gasteiger partial charge in [-0.3, -0.25) is 4.90 Å². The molecule has 1 unspecified atom stereocenters. The van der Waals surface area contributed by atoms with Crippen LogP contribution in [0.25, 0.3) is 10.2 Å². The SMILES string of the molecule is Cc1nc(N2CCC3(CCN(Cc4ccc(CC#N)cc4)C3)C2)c2cc(CC(F)(F)F)sc2n1. The zero-order valence-corrected chi connectivity index (χ0v) is 19.8. The van der Waals surface area contributed by atoms with Crippen LogP contribution in [0.4, 0.5) is 19.0 Å². The summed E-state index contributed by atoms with van der Waals surface area (Å²) in [5.41, 5.74) is 2.46. The zero-order valence-electron chi connectivity index (χ0n) is 19.0. The molecule has 34 heavy (non-hydrogen) atoms. The predicted octanol–water partition coefficient (Wildman–Crippen LogP) is 5.27. The second kappa shape index (κ2) is 8.82. The van der Waals surface area contributed by atoms with Crippen molar-refractivity contribution < 1.29 is 13.2 Å². The molecule has 1 atom stereocenters. The molecule has 4 heterocycles. The van der Waals surface area contributed by atoms with Crippen LogP contribution in [-0.2, 0) is 19.4 Å². The molecule has 2 aromatic heterocycles. The largest absolute Gasteiger partial charge is 0.393 e. The first-order valence-corrected chi connectivity index (χ1v) is 12.3. The normalized spacial score (nSPS) is 21.1. The summed E-state index contributed by atoms with van der Waals surface area (Å²) in [6, 6.07) is 12.1. The highest BCUT2D eigenvalue weighted by atomic mass is 32.1. The van der Waals surface area contributed by atoms with E-state index in [4.69, 9.17) is 5.26 Å². The number of anilines is 1. The highest BCUT2D eigenvalue weighted by molar-refractivity contribution is 7.18. The van der Waals surface area contributed by atoms with Crippen molar-refractivity contribution in [3.8, 4) is 6.07 Å². The lowest BCUT2D eigenvalue weighted by Gasteiger charge is -2.25. The summed E-state index contributed by atoms with van der Waals surface area (Å²) in [6.45, 7) is 6.43. The number of fused-ring (bicyclic) bond motifs is 1. The number of hydrogen-bond donors (Lipinski definition) is 0. The van der Waals surface area contributed by atoms with Crippen molar-refractivity contribution in [1.82, 2.24) is 14.9 Å². The number of rotatable bonds is 5. The Kier molecular flexibility index (Phi) is 5.98. The Hall–Kier alpha value is -2.70.